The Morgan fingerprint density at radius 1 is 1.25 bits per heavy atom. The molecule has 0 unspecified atom stereocenters. The van der Waals surface area contributed by atoms with Gasteiger partial charge in [0.1, 0.15) is 0 Å². The highest BCUT2D eigenvalue weighted by molar-refractivity contribution is 7.09. The summed E-state index contributed by atoms with van der Waals surface area (Å²) in [5.41, 5.74) is 1.89. The van der Waals surface area contributed by atoms with Crippen molar-refractivity contribution in [3.63, 3.8) is 0 Å². The molecule has 1 aliphatic rings. The number of amides is 1. The van der Waals surface area contributed by atoms with Gasteiger partial charge in [-0.25, -0.2) is 4.98 Å². The van der Waals surface area contributed by atoms with Gasteiger partial charge in [0.25, 0.3) is 0 Å². The van der Waals surface area contributed by atoms with Crippen molar-refractivity contribution in [2.24, 2.45) is 0 Å². The summed E-state index contributed by atoms with van der Waals surface area (Å²) in [6, 6.07) is 3.54. The fraction of sp³-hybridized carbons (Fsp3) is 0.400. The normalized spacial score (nSPS) is 15.2. The van der Waals surface area contributed by atoms with Crippen molar-refractivity contribution >= 4 is 34.9 Å². The molecule has 1 aromatic carbocycles. The quantitative estimate of drug-likeness (QED) is 0.668. The molecule has 8 heteroatoms. The second kappa shape index (κ2) is 9.41. The lowest BCUT2D eigenvalue weighted by Gasteiger charge is -2.33. The number of carbonyl (C=O) groups excluding carboxylic acids is 1. The number of aromatic nitrogens is 1. The predicted molar refractivity (Wildman–Crippen MR) is 112 cm³/mol. The van der Waals surface area contributed by atoms with Gasteiger partial charge >= 0.3 is 0 Å². The third kappa shape index (κ3) is 5.04. The second-order valence-corrected chi connectivity index (χ2v) is 8.00. The van der Waals surface area contributed by atoms with E-state index in [9.17, 15) is 4.79 Å². The molecule has 0 atom stereocenters. The Morgan fingerprint density at radius 2 is 2.00 bits per heavy atom. The van der Waals surface area contributed by atoms with Gasteiger partial charge in [-0.2, -0.15) is 0 Å². The van der Waals surface area contributed by atoms with Crippen LogP contribution in [0.1, 0.15) is 16.3 Å². The Hall–Kier alpha value is -2.09. The van der Waals surface area contributed by atoms with E-state index in [1.54, 1.807) is 42.7 Å². The van der Waals surface area contributed by atoms with E-state index in [0.29, 0.717) is 29.6 Å². The first kappa shape index (κ1) is 20.6. The molecule has 0 spiro atoms. The summed E-state index contributed by atoms with van der Waals surface area (Å²) in [6.45, 7) is 5.96. The smallest absolute Gasteiger partial charge is 0.246 e. The standard InChI is InChI=1S/C20H24ClN3O3S/c1-14-22-16(13-28-14)12-23-6-8-24(9-7-23)19(25)5-4-15-10-17(21)20(27-3)18(11-15)26-2/h4-5,10-11,13H,6-9,12H2,1-3H3/b5-4+. The summed E-state index contributed by atoms with van der Waals surface area (Å²) in [4.78, 5) is 21.2. The lowest BCUT2D eigenvalue weighted by atomic mass is 10.1. The van der Waals surface area contributed by atoms with Gasteiger partial charge < -0.3 is 14.4 Å². The zero-order valence-corrected chi connectivity index (χ0v) is 17.8. The average Bonchev–Trinajstić information content (AvgIpc) is 3.10. The Balaban J connectivity index is 1.56. The number of hydrogen-bond acceptors (Lipinski definition) is 6. The van der Waals surface area contributed by atoms with E-state index in [-0.39, 0.29) is 5.91 Å². The van der Waals surface area contributed by atoms with E-state index in [1.807, 2.05) is 11.8 Å². The molecule has 1 aromatic heterocycles. The highest BCUT2D eigenvalue weighted by atomic mass is 35.5. The molecule has 1 fully saturated rings. The van der Waals surface area contributed by atoms with Crippen LogP contribution in [-0.4, -0.2) is 61.1 Å². The number of benzene rings is 1. The summed E-state index contributed by atoms with van der Waals surface area (Å²) < 4.78 is 10.5. The van der Waals surface area contributed by atoms with Gasteiger partial charge in [0.2, 0.25) is 5.91 Å². The average molecular weight is 422 g/mol. The number of piperazine rings is 1. The number of nitrogens with zero attached hydrogens (tertiary/aromatic N) is 3. The molecule has 150 valence electrons. The van der Waals surface area contributed by atoms with Crippen LogP contribution < -0.4 is 9.47 Å². The topological polar surface area (TPSA) is 54.9 Å². The van der Waals surface area contributed by atoms with Gasteiger partial charge in [-0.1, -0.05) is 11.6 Å². The molecule has 28 heavy (non-hydrogen) atoms. The van der Waals surface area contributed by atoms with Crippen molar-refractivity contribution in [2.45, 2.75) is 13.5 Å². The van der Waals surface area contributed by atoms with Crippen molar-refractivity contribution < 1.29 is 14.3 Å². The summed E-state index contributed by atoms with van der Waals surface area (Å²) in [6.07, 6.45) is 3.33. The summed E-state index contributed by atoms with van der Waals surface area (Å²) >= 11 is 7.89. The molecule has 2 heterocycles. The number of ether oxygens (including phenoxy) is 2. The molecule has 3 rings (SSSR count). The second-order valence-electron chi connectivity index (χ2n) is 6.53. The fourth-order valence-corrected chi connectivity index (χ4v) is 4.04. The van der Waals surface area contributed by atoms with Gasteiger partial charge in [0.15, 0.2) is 11.5 Å². The fourth-order valence-electron chi connectivity index (χ4n) is 3.14. The number of carbonyl (C=O) groups is 1. The number of rotatable bonds is 6. The molecule has 2 aromatic rings. The summed E-state index contributed by atoms with van der Waals surface area (Å²) in [5.74, 6) is 1.02. The third-order valence-electron chi connectivity index (χ3n) is 4.61. The van der Waals surface area contributed by atoms with Crippen molar-refractivity contribution in [1.29, 1.82) is 0 Å². The number of methoxy groups -OCH3 is 2. The highest BCUT2D eigenvalue weighted by Gasteiger charge is 2.20. The van der Waals surface area contributed by atoms with Gasteiger partial charge in [-0.05, 0) is 30.7 Å². The molecule has 0 bridgehead atoms. The van der Waals surface area contributed by atoms with Crippen molar-refractivity contribution in [3.05, 3.63) is 44.9 Å². The molecule has 1 amide bonds. The first-order valence-electron chi connectivity index (χ1n) is 9.02. The predicted octanol–water partition coefficient (Wildman–Crippen LogP) is 3.48. The lowest BCUT2D eigenvalue weighted by Crippen LogP contribution is -2.47. The maximum Gasteiger partial charge on any atom is 0.246 e. The first-order chi connectivity index (χ1) is 13.5. The van der Waals surface area contributed by atoms with Gasteiger partial charge in [0.05, 0.1) is 29.9 Å². The van der Waals surface area contributed by atoms with Crippen molar-refractivity contribution in [3.8, 4) is 11.5 Å². The van der Waals surface area contributed by atoms with E-state index < -0.39 is 0 Å². The molecule has 6 nitrogen and oxygen atoms in total. The van der Waals surface area contributed by atoms with Crippen LogP contribution in [0.2, 0.25) is 5.02 Å². The SMILES string of the molecule is COc1cc(/C=C/C(=O)N2CCN(Cc3csc(C)n3)CC2)cc(Cl)c1OC. The molecule has 0 saturated carbocycles. The third-order valence-corrected chi connectivity index (χ3v) is 5.71. The van der Waals surface area contributed by atoms with Crippen molar-refractivity contribution in [1.82, 2.24) is 14.8 Å². The Kier molecular flexibility index (Phi) is 6.93. The molecule has 0 radical (unpaired) electrons. The van der Waals surface area contributed by atoms with E-state index in [2.05, 4.69) is 15.3 Å². The number of halogens is 1. The van der Waals surface area contributed by atoms with E-state index in [1.165, 1.54) is 7.11 Å². The summed E-state index contributed by atoms with van der Waals surface area (Å²) in [7, 11) is 3.09. The van der Waals surface area contributed by atoms with Crippen LogP contribution in [0.25, 0.3) is 6.08 Å². The van der Waals surface area contributed by atoms with Crippen molar-refractivity contribution in [2.75, 3.05) is 40.4 Å². The van der Waals surface area contributed by atoms with E-state index >= 15 is 0 Å². The zero-order chi connectivity index (χ0) is 20.1. The Morgan fingerprint density at radius 3 is 2.61 bits per heavy atom. The molecular weight excluding hydrogens is 398 g/mol. The minimum Gasteiger partial charge on any atom is -0.493 e. The van der Waals surface area contributed by atoms with Crippen LogP contribution in [0.4, 0.5) is 0 Å². The molecule has 1 saturated heterocycles. The van der Waals surface area contributed by atoms with Crippen LogP contribution in [-0.2, 0) is 11.3 Å². The van der Waals surface area contributed by atoms with Gasteiger partial charge in [-0.15, -0.1) is 11.3 Å². The molecule has 1 aliphatic heterocycles. The molecular formula is C20H24ClN3O3S. The number of thiazole rings is 1. The van der Waals surface area contributed by atoms with E-state index in [4.69, 9.17) is 21.1 Å². The number of hydrogen-bond donors (Lipinski definition) is 0. The van der Waals surface area contributed by atoms with Crippen LogP contribution >= 0.6 is 22.9 Å². The van der Waals surface area contributed by atoms with Gasteiger partial charge in [0, 0.05) is 44.2 Å². The Labute approximate surface area is 174 Å². The van der Waals surface area contributed by atoms with E-state index in [0.717, 1.165) is 35.9 Å². The van der Waals surface area contributed by atoms with Crippen LogP contribution in [0.5, 0.6) is 11.5 Å². The Bertz CT molecular complexity index is 860. The minimum absolute atomic E-state index is 0.00457. The largest absolute Gasteiger partial charge is 0.493 e. The zero-order valence-electron chi connectivity index (χ0n) is 16.3. The molecule has 0 N–H and O–H groups in total. The van der Waals surface area contributed by atoms with Crippen LogP contribution in [0, 0.1) is 6.92 Å². The van der Waals surface area contributed by atoms with Crippen LogP contribution in [0.15, 0.2) is 23.6 Å². The first-order valence-corrected chi connectivity index (χ1v) is 10.3. The minimum atomic E-state index is -0.00457. The monoisotopic (exact) mass is 421 g/mol. The molecule has 0 aliphatic carbocycles. The maximum absolute atomic E-state index is 12.5. The van der Waals surface area contributed by atoms with Gasteiger partial charge in [-0.3, -0.25) is 9.69 Å². The van der Waals surface area contributed by atoms with Crippen LogP contribution in [0.3, 0.4) is 0 Å². The summed E-state index contributed by atoms with van der Waals surface area (Å²) in [5, 5.41) is 3.63. The number of aryl methyl sites for hydroxylation is 1. The highest BCUT2D eigenvalue weighted by Crippen LogP contribution is 2.36. The maximum atomic E-state index is 12.5. The lowest BCUT2D eigenvalue weighted by molar-refractivity contribution is -0.127.